The number of hydrogen-bond donors (Lipinski definition) is 0. The summed E-state index contributed by atoms with van der Waals surface area (Å²) in [6.45, 7) is 0. The molecule has 0 atom stereocenters. The zero-order valence-electron chi connectivity index (χ0n) is 6.26. The molecule has 4 nitrogen and oxygen atoms in total. The maximum absolute atomic E-state index is 10.2. The molecule has 0 aliphatic rings. The van der Waals surface area contributed by atoms with E-state index in [2.05, 4.69) is 4.98 Å². The standard InChI is InChI=1S/C6H6N2O2S2/c1-11-12-6-3-2-5(4-7-6)8(9)10/h2-4H,1H3. The van der Waals surface area contributed by atoms with Crippen LogP contribution < -0.4 is 0 Å². The van der Waals surface area contributed by atoms with Gasteiger partial charge in [-0.1, -0.05) is 10.8 Å². The van der Waals surface area contributed by atoms with Crippen molar-refractivity contribution in [3.05, 3.63) is 28.4 Å². The Morgan fingerprint density at radius 2 is 2.33 bits per heavy atom. The Morgan fingerprint density at radius 3 is 2.75 bits per heavy atom. The number of rotatable bonds is 3. The number of pyridine rings is 1. The minimum absolute atomic E-state index is 0.0282. The lowest BCUT2D eigenvalue weighted by Crippen LogP contribution is -1.88. The Hall–Kier alpha value is -0.750. The van der Waals surface area contributed by atoms with E-state index >= 15 is 0 Å². The third kappa shape index (κ3) is 2.38. The molecule has 6 heteroatoms. The summed E-state index contributed by atoms with van der Waals surface area (Å²) in [6, 6.07) is 3.09. The van der Waals surface area contributed by atoms with Gasteiger partial charge in [0.1, 0.15) is 11.2 Å². The van der Waals surface area contributed by atoms with Crippen LogP contribution in [0.2, 0.25) is 0 Å². The van der Waals surface area contributed by atoms with Crippen molar-refractivity contribution in [2.75, 3.05) is 6.26 Å². The topological polar surface area (TPSA) is 56.0 Å². The molecule has 1 rings (SSSR count). The first-order chi connectivity index (χ1) is 5.74. The molecular weight excluding hydrogens is 196 g/mol. The molecule has 0 aliphatic carbocycles. The van der Waals surface area contributed by atoms with Crippen LogP contribution in [0.3, 0.4) is 0 Å². The SMILES string of the molecule is CSSc1ccc([N+](=O)[O-])cn1. The van der Waals surface area contributed by atoms with Gasteiger partial charge in [-0.15, -0.1) is 0 Å². The van der Waals surface area contributed by atoms with Gasteiger partial charge in [0.05, 0.1) is 4.92 Å². The molecule has 0 fully saturated rings. The molecule has 0 saturated carbocycles. The van der Waals surface area contributed by atoms with E-state index in [4.69, 9.17) is 0 Å². The van der Waals surface area contributed by atoms with E-state index in [1.54, 1.807) is 16.9 Å². The smallest absolute Gasteiger partial charge is 0.258 e. The maximum Gasteiger partial charge on any atom is 0.287 e. The summed E-state index contributed by atoms with van der Waals surface area (Å²) in [5.41, 5.74) is 0.0282. The van der Waals surface area contributed by atoms with Gasteiger partial charge in [-0.3, -0.25) is 10.1 Å². The van der Waals surface area contributed by atoms with Crippen molar-refractivity contribution in [3.8, 4) is 0 Å². The van der Waals surface area contributed by atoms with E-state index in [1.807, 2.05) is 6.26 Å². The first-order valence-electron chi connectivity index (χ1n) is 3.05. The maximum atomic E-state index is 10.2. The fraction of sp³-hybridized carbons (Fsp3) is 0.167. The fourth-order valence-electron chi connectivity index (χ4n) is 0.615. The second kappa shape index (κ2) is 4.32. The monoisotopic (exact) mass is 202 g/mol. The minimum Gasteiger partial charge on any atom is -0.258 e. The van der Waals surface area contributed by atoms with Gasteiger partial charge in [-0.2, -0.15) is 0 Å². The van der Waals surface area contributed by atoms with Crippen LogP contribution in [0.4, 0.5) is 5.69 Å². The van der Waals surface area contributed by atoms with Gasteiger partial charge in [-0.05, 0) is 23.1 Å². The third-order valence-electron chi connectivity index (χ3n) is 1.10. The van der Waals surface area contributed by atoms with E-state index in [9.17, 15) is 10.1 Å². The Labute approximate surface area is 77.3 Å². The average molecular weight is 202 g/mol. The average Bonchev–Trinajstić information content (AvgIpc) is 2.06. The van der Waals surface area contributed by atoms with Crippen molar-refractivity contribution < 1.29 is 4.92 Å². The molecular formula is C6H6N2O2S2. The highest BCUT2D eigenvalue weighted by Crippen LogP contribution is 2.26. The fourth-order valence-corrected chi connectivity index (χ4v) is 1.81. The van der Waals surface area contributed by atoms with Crippen molar-refractivity contribution in [2.45, 2.75) is 5.03 Å². The number of aromatic nitrogens is 1. The Kier molecular flexibility index (Phi) is 3.36. The van der Waals surface area contributed by atoms with Crippen LogP contribution >= 0.6 is 21.6 Å². The molecule has 12 heavy (non-hydrogen) atoms. The molecule has 0 N–H and O–H groups in total. The first-order valence-corrected chi connectivity index (χ1v) is 5.61. The molecule has 0 amide bonds. The number of nitrogens with zero attached hydrogens (tertiary/aromatic N) is 2. The van der Waals surface area contributed by atoms with E-state index in [0.717, 1.165) is 5.03 Å². The predicted molar refractivity (Wildman–Crippen MR) is 50.3 cm³/mol. The summed E-state index contributed by atoms with van der Waals surface area (Å²) < 4.78 is 0. The summed E-state index contributed by atoms with van der Waals surface area (Å²) >= 11 is 0. The largest absolute Gasteiger partial charge is 0.287 e. The van der Waals surface area contributed by atoms with E-state index in [0.29, 0.717) is 0 Å². The van der Waals surface area contributed by atoms with Crippen LogP contribution in [0.1, 0.15) is 0 Å². The normalized spacial score (nSPS) is 9.75. The third-order valence-corrected chi connectivity index (χ3v) is 2.69. The van der Waals surface area contributed by atoms with Gasteiger partial charge in [0.15, 0.2) is 0 Å². The van der Waals surface area contributed by atoms with Crippen molar-refractivity contribution in [3.63, 3.8) is 0 Å². The molecule has 1 heterocycles. The molecule has 0 saturated heterocycles. The molecule has 64 valence electrons. The first kappa shape index (κ1) is 9.34. The lowest BCUT2D eigenvalue weighted by Gasteiger charge is -1.94. The Bertz CT molecular complexity index is 275. The second-order valence-corrected chi connectivity index (χ2v) is 4.28. The van der Waals surface area contributed by atoms with E-state index in [-0.39, 0.29) is 5.69 Å². The summed E-state index contributed by atoms with van der Waals surface area (Å²) in [4.78, 5) is 13.7. The highest BCUT2D eigenvalue weighted by molar-refractivity contribution is 8.76. The highest BCUT2D eigenvalue weighted by atomic mass is 33.1. The molecule has 0 spiro atoms. The molecule has 0 unspecified atom stereocenters. The quantitative estimate of drug-likeness (QED) is 0.428. The van der Waals surface area contributed by atoms with Crippen LogP contribution in [0.15, 0.2) is 23.4 Å². The van der Waals surface area contributed by atoms with E-state index < -0.39 is 4.92 Å². The molecule has 1 aromatic rings. The summed E-state index contributed by atoms with van der Waals surface area (Å²) in [5.74, 6) is 0. The molecule has 0 aliphatic heterocycles. The summed E-state index contributed by atoms with van der Waals surface area (Å²) in [5, 5.41) is 11.0. The van der Waals surface area contributed by atoms with Crippen molar-refractivity contribution in [2.24, 2.45) is 0 Å². The zero-order valence-corrected chi connectivity index (χ0v) is 7.89. The second-order valence-electron chi connectivity index (χ2n) is 1.86. The van der Waals surface area contributed by atoms with Crippen molar-refractivity contribution in [1.82, 2.24) is 4.98 Å². The van der Waals surface area contributed by atoms with Gasteiger partial charge in [0, 0.05) is 6.07 Å². The predicted octanol–water partition coefficient (Wildman–Crippen LogP) is 2.36. The van der Waals surface area contributed by atoms with Gasteiger partial charge in [0.25, 0.3) is 5.69 Å². The van der Waals surface area contributed by atoms with Gasteiger partial charge in [-0.25, -0.2) is 4.98 Å². The van der Waals surface area contributed by atoms with E-state index in [1.165, 1.54) is 23.1 Å². The summed E-state index contributed by atoms with van der Waals surface area (Å²) in [6.07, 6.45) is 3.19. The van der Waals surface area contributed by atoms with Gasteiger partial charge in [0.2, 0.25) is 0 Å². The number of hydrogen-bond acceptors (Lipinski definition) is 5. The molecule has 0 radical (unpaired) electrons. The Balaban J connectivity index is 2.78. The zero-order chi connectivity index (χ0) is 8.97. The highest BCUT2D eigenvalue weighted by Gasteiger charge is 2.04. The van der Waals surface area contributed by atoms with Crippen LogP contribution in [0, 0.1) is 10.1 Å². The van der Waals surface area contributed by atoms with Gasteiger partial charge >= 0.3 is 0 Å². The van der Waals surface area contributed by atoms with Crippen molar-refractivity contribution in [1.29, 1.82) is 0 Å². The van der Waals surface area contributed by atoms with Crippen LogP contribution in [-0.2, 0) is 0 Å². The number of nitro groups is 1. The lowest BCUT2D eigenvalue weighted by molar-refractivity contribution is -0.385. The molecule has 1 aromatic heterocycles. The van der Waals surface area contributed by atoms with Crippen LogP contribution in [0.5, 0.6) is 0 Å². The lowest BCUT2D eigenvalue weighted by atomic mass is 10.4. The van der Waals surface area contributed by atoms with Crippen molar-refractivity contribution >= 4 is 27.3 Å². The minimum atomic E-state index is -0.458. The Morgan fingerprint density at radius 1 is 1.58 bits per heavy atom. The summed E-state index contributed by atoms with van der Waals surface area (Å²) in [7, 11) is 3.03. The molecule has 0 aromatic carbocycles. The van der Waals surface area contributed by atoms with Crippen LogP contribution in [0.25, 0.3) is 0 Å². The molecule has 0 bridgehead atoms. The van der Waals surface area contributed by atoms with Crippen LogP contribution in [-0.4, -0.2) is 16.2 Å². The van der Waals surface area contributed by atoms with Gasteiger partial charge < -0.3 is 0 Å².